The van der Waals surface area contributed by atoms with Crippen molar-refractivity contribution in [1.82, 2.24) is 19.9 Å². The fraction of sp³-hybridized carbons (Fsp3) is 0.381. The molecule has 0 bridgehead atoms. The lowest BCUT2D eigenvalue weighted by atomic mass is 10.0. The van der Waals surface area contributed by atoms with Crippen LogP contribution < -0.4 is 16.6 Å². The van der Waals surface area contributed by atoms with Crippen LogP contribution in [0, 0.1) is 0 Å². The number of rotatable bonds is 4. The van der Waals surface area contributed by atoms with Gasteiger partial charge in [-0.2, -0.15) is 0 Å². The van der Waals surface area contributed by atoms with Gasteiger partial charge in [0, 0.05) is 22.6 Å². The summed E-state index contributed by atoms with van der Waals surface area (Å²) in [6.45, 7) is 9.86. The number of nitrogens with one attached hydrogen (secondary N) is 3. The third-order valence-electron chi connectivity index (χ3n) is 4.74. The summed E-state index contributed by atoms with van der Waals surface area (Å²) >= 11 is 0. The van der Waals surface area contributed by atoms with Crippen LogP contribution in [0.15, 0.2) is 40.1 Å². The number of amides is 1. The van der Waals surface area contributed by atoms with Crippen molar-refractivity contribution in [3.8, 4) is 0 Å². The van der Waals surface area contributed by atoms with Crippen LogP contribution in [-0.4, -0.2) is 20.4 Å². The molecule has 3 aromatic rings. The van der Waals surface area contributed by atoms with Gasteiger partial charge in [0.25, 0.3) is 11.5 Å². The molecular weight excluding hydrogens is 356 g/mol. The first-order valence-corrected chi connectivity index (χ1v) is 9.32. The second-order valence-corrected chi connectivity index (χ2v) is 8.32. The highest BCUT2D eigenvalue weighted by atomic mass is 16.2. The minimum Gasteiger partial charge on any atom is -0.351 e. The number of H-pyrrole nitrogens is 2. The highest BCUT2D eigenvalue weighted by Crippen LogP contribution is 2.22. The lowest BCUT2D eigenvalue weighted by molar-refractivity contribution is 0.0946. The topological polar surface area (TPSA) is 99.8 Å². The summed E-state index contributed by atoms with van der Waals surface area (Å²) in [5, 5.41) is 3.70. The van der Waals surface area contributed by atoms with Crippen molar-refractivity contribution in [2.45, 2.75) is 52.6 Å². The van der Waals surface area contributed by atoms with Crippen LogP contribution in [0.2, 0.25) is 0 Å². The molecule has 3 N–H and O–H groups in total. The molecule has 1 aromatic carbocycles. The largest absolute Gasteiger partial charge is 0.351 e. The second-order valence-electron chi connectivity index (χ2n) is 8.32. The third kappa shape index (κ3) is 3.93. The van der Waals surface area contributed by atoms with Crippen LogP contribution in [0.5, 0.6) is 0 Å². The first-order valence-electron chi connectivity index (χ1n) is 9.32. The Morgan fingerprint density at radius 1 is 1.14 bits per heavy atom. The summed E-state index contributed by atoms with van der Waals surface area (Å²) in [6.07, 6.45) is 1.50. The minimum atomic E-state index is -0.496. The van der Waals surface area contributed by atoms with Crippen LogP contribution in [0.1, 0.15) is 62.2 Å². The van der Waals surface area contributed by atoms with Crippen LogP contribution in [0.4, 0.5) is 0 Å². The first-order chi connectivity index (χ1) is 13.1. The first kappa shape index (κ1) is 19.7. The van der Waals surface area contributed by atoms with Crippen molar-refractivity contribution in [3.05, 3.63) is 68.1 Å². The minimum absolute atomic E-state index is 0.0249. The standard InChI is InChI=1S/C21H26N4O3/c1-12(2)13-6-7-14-9-17(23-16(14)8-13)19(27)22-10-15-11-25(21(3,4)5)20(28)24-18(15)26/h6-9,11-12,23H,10H2,1-5H3,(H,22,27)(H,24,26,28). The molecule has 7 heteroatoms. The smallest absolute Gasteiger partial charge is 0.328 e. The molecule has 2 heterocycles. The van der Waals surface area contributed by atoms with Gasteiger partial charge in [0.2, 0.25) is 0 Å². The highest BCUT2D eigenvalue weighted by molar-refractivity contribution is 5.98. The van der Waals surface area contributed by atoms with Gasteiger partial charge in [-0.3, -0.25) is 19.1 Å². The number of aromatic amines is 2. The quantitative estimate of drug-likeness (QED) is 0.647. The lowest BCUT2D eigenvalue weighted by Crippen LogP contribution is -2.40. The number of carbonyl (C=O) groups is 1. The highest BCUT2D eigenvalue weighted by Gasteiger charge is 2.17. The third-order valence-corrected chi connectivity index (χ3v) is 4.74. The molecule has 0 saturated heterocycles. The zero-order valence-electron chi connectivity index (χ0n) is 16.8. The molecule has 7 nitrogen and oxygen atoms in total. The van der Waals surface area contributed by atoms with E-state index in [9.17, 15) is 14.4 Å². The summed E-state index contributed by atoms with van der Waals surface area (Å²) in [5.74, 6) is 0.0883. The van der Waals surface area contributed by atoms with E-state index >= 15 is 0 Å². The average molecular weight is 382 g/mol. The Bertz CT molecular complexity index is 1140. The van der Waals surface area contributed by atoms with Crippen LogP contribution in [0.3, 0.4) is 0 Å². The molecule has 0 unspecified atom stereocenters. The molecular formula is C21H26N4O3. The lowest BCUT2D eigenvalue weighted by Gasteiger charge is -2.22. The van der Waals surface area contributed by atoms with E-state index in [-0.39, 0.29) is 12.5 Å². The summed E-state index contributed by atoms with van der Waals surface area (Å²) in [7, 11) is 0. The van der Waals surface area contributed by atoms with E-state index < -0.39 is 16.8 Å². The molecule has 0 atom stereocenters. The van der Waals surface area contributed by atoms with Gasteiger partial charge in [-0.15, -0.1) is 0 Å². The van der Waals surface area contributed by atoms with Crippen molar-refractivity contribution in [2.75, 3.05) is 0 Å². The van der Waals surface area contributed by atoms with Crippen LogP contribution in [-0.2, 0) is 12.1 Å². The maximum Gasteiger partial charge on any atom is 0.328 e. The maximum atomic E-state index is 12.5. The number of hydrogen-bond donors (Lipinski definition) is 3. The Hall–Kier alpha value is -3.09. The summed E-state index contributed by atoms with van der Waals surface area (Å²) in [5.41, 5.74) is 1.39. The van der Waals surface area contributed by atoms with E-state index in [2.05, 4.69) is 35.2 Å². The van der Waals surface area contributed by atoms with Gasteiger partial charge >= 0.3 is 5.69 Å². The molecule has 3 rings (SSSR count). The van der Waals surface area contributed by atoms with Gasteiger partial charge in [0.1, 0.15) is 5.69 Å². The van der Waals surface area contributed by atoms with Gasteiger partial charge in [0.15, 0.2) is 0 Å². The van der Waals surface area contributed by atoms with Crippen molar-refractivity contribution < 1.29 is 4.79 Å². The van der Waals surface area contributed by atoms with Crippen molar-refractivity contribution in [3.63, 3.8) is 0 Å². The van der Waals surface area contributed by atoms with E-state index in [1.54, 1.807) is 6.07 Å². The van der Waals surface area contributed by atoms with E-state index in [0.717, 1.165) is 10.9 Å². The van der Waals surface area contributed by atoms with E-state index in [4.69, 9.17) is 0 Å². The average Bonchev–Trinajstić information content (AvgIpc) is 3.02. The number of hydrogen-bond acceptors (Lipinski definition) is 3. The van der Waals surface area contributed by atoms with Gasteiger partial charge in [-0.1, -0.05) is 26.0 Å². The van der Waals surface area contributed by atoms with Crippen molar-refractivity contribution >= 4 is 16.8 Å². The number of aromatic nitrogens is 3. The molecule has 0 aliphatic rings. The van der Waals surface area contributed by atoms with Crippen LogP contribution >= 0.6 is 0 Å². The zero-order chi connectivity index (χ0) is 20.6. The SMILES string of the molecule is CC(C)c1ccc2cc(C(=O)NCc3cn(C(C)(C)C)c(=O)[nH]c3=O)[nH]c2c1. The number of fused-ring (bicyclic) bond motifs is 1. The Kier molecular flexibility index (Phi) is 5.02. The van der Waals surface area contributed by atoms with Gasteiger partial charge in [-0.05, 0) is 44.4 Å². The Balaban J connectivity index is 1.82. The number of benzene rings is 1. The molecule has 148 valence electrons. The molecule has 1 amide bonds. The Morgan fingerprint density at radius 2 is 1.86 bits per heavy atom. The number of nitrogens with zero attached hydrogens (tertiary/aromatic N) is 1. The summed E-state index contributed by atoms with van der Waals surface area (Å²) in [4.78, 5) is 42.1. The molecule has 0 aliphatic carbocycles. The molecule has 0 saturated carbocycles. The monoisotopic (exact) mass is 382 g/mol. The molecule has 0 fully saturated rings. The Labute approximate surface area is 162 Å². The predicted molar refractivity (Wildman–Crippen MR) is 110 cm³/mol. The van der Waals surface area contributed by atoms with E-state index in [0.29, 0.717) is 17.2 Å². The number of carbonyl (C=O) groups excluding carboxylic acids is 1. The van der Waals surface area contributed by atoms with Gasteiger partial charge < -0.3 is 10.3 Å². The second kappa shape index (κ2) is 7.14. The normalized spacial score (nSPS) is 11.9. The fourth-order valence-electron chi connectivity index (χ4n) is 3.03. The molecule has 0 radical (unpaired) electrons. The van der Waals surface area contributed by atoms with E-state index in [1.165, 1.54) is 16.3 Å². The van der Waals surface area contributed by atoms with Gasteiger partial charge in [-0.25, -0.2) is 4.79 Å². The summed E-state index contributed by atoms with van der Waals surface area (Å²) in [6, 6.07) is 7.87. The summed E-state index contributed by atoms with van der Waals surface area (Å²) < 4.78 is 1.45. The van der Waals surface area contributed by atoms with Gasteiger partial charge in [0.05, 0.1) is 12.1 Å². The predicted octanol–water partition coefficient (Wildman–Crippen LogP) is 2.83. The molecule has 2 aromatic heterocycles. The van der Waals surface area contributed by atoms with E-state index in [1.807, 2.05) is 32.9 Å². The maximum absolute atomic E-state index is 12.5. The fourth-order valence-corrected chi connectivity index (χ4v) is 3.03. The molecule has 28 heavy (non-hydrogen) atoms. The molecule has 0 spiro atoms. The van der Waals surface area contributed by atoms with Crippen molar-refractivity contribution in [1.29, 1.82) is 0 Å². The van der Waals surface area contributed by atoms with Crippen LogP contribution in [0.25, 0.3) is 10.9 Å². The Morgan fingerprint density at radius 3 is 2.50 bits per heavy atom. The van der Waals surface area contributed by atoms with Crippen molar-refractivity contribution in [2.24, 2.45) is 0 Å². The zero-order valence-corrected chi connectivity index (χ0v) is 16.8. The molecule has 0 aliphatic heterocycles.